The molecule has 10 heteroatoms. The van der Waals surface area contributed by atoms with E-state index < -0.39 is 17.8 Å². The molecule has 2 heterocycles. The van der Waals surface area contributed by atoms with Crippen molar-refractivity contribution in [3.05, 3.63) is 59.3 Å². The van der Waals surface area contributed by atoms with Gasteiger partial charge < -0.3 is 15.6 Å². The summed E-state index contributed by atoms with van der Waals surface area (Å²) in [5, 5.41) is 17.3. The molecule has 0 saturated carbocycles. The van der Waals surface area contributed by atoms with Crippen molar-refractivity contribution in [3.8, 4) is 17.3 Å². The molecule has 0 radical (unpaired) electrons. The number of pyridine rings is 1. The number of carboxylic acids is 1. The molecule has 1 atom stereocenters. The maximum absolute atomic E-state index is 13.7. The summed E-state index contributed by atoms with van der Waals surface area (Å²) in [7, 11) is 0. The minimum Gasteiger partial charge on any atom is -0.481 e. The van der Waals surface area contributed by atoms with Gasteiger partial charge in [0, 0.05) is 18.7 Å². The van der Waals surface area contributed by atoms with Crippen molar-refractivity contribution in [2.24, 2.45) is 5.73 Å². The first-order chi connectivity index (χ1) is 12.9. The Bertz CT molecular complexity index is 948. The van der Waals surface area contributed by atoms with E-state index in [9.17, 15) is 9.18 Å². The van der Waals surface area contributed by atoms with E-state index in [1.807, 2.05) is 0 Å². The first-order valence-corrected chi connectivity index (χ1v) is 8.26. The van der Waals surface area contributed by atoms with Crippen LogP contribution in [0.1, 0.15) is 12.1 Å². The van der Waals surface area contributed by atoms with Crippen LogP contribution < -0.4 is 10.5 Å². The van der Waals surface area contributed by atoms with Crippen LogP contribution in [-0.4, -0.2) is 37.1 Å². The Balaban J connectivity index is 1.67. The number of rotatable bonds is 7. The van der Waals surface area contributed by atoms with Crippen LogP contribution in [0.25, 0.3) is 5.69 Å². The second-order valence-corrected chi connectivity index (χ2v) is 6.16. The highest BCUT2D eigenvalue weighted by Crippen LogP contribution is 2.24. The number of hydrogen-bond donors (Lipinski definition) is 2. The number of aliphatic carboxylic acids is 1. The predicted octanol–water partition coefficient (Wildman–Crippen LogP) is 2.59. The van der Waals surface area contributed by atoms with Gasteiger partial charge in [-0.2, -0.15) is 15.0 Å². The Hall–Kier alpha value is -3.04. The van der Waals surface area contributed by atoms with Gasteiger partial charge in [-0.3, -0.25) is 4.79 Å². The summed E-state index contributed by atoms with van der Waals surface area (Å²) in [5.74, 6) is -1.43. The second-order valence-electron chi connectivity index (χ2n) is 5.72. The van der Waals surface area contributed by atoms with Crippen molar-refractivity contribution in [1.82, 2.24) is 20.0 Å². The number of nitrogens with zero attached hydrogens (tertiary/aromatic N) is 4. The highest BCUT2D eigenvalue weighted by molar-refractivity contribution is 6.30. The lowest BCUT2D eigenvalue weighted by molar-refractivity contribution is -0.137. The molecule has 0 aliphatic rings. The third kappa shape index (κ3) is 4.99. The minimum absolute atomic E-state index is 0.145. The molecular formula is C17H15ClFN5O3. The summed E-state index contributed by atoms with van der Waals surface area (Å²) in [6.45, 7) is 0. The Labute approximate surface area is 158 Å². The van der Waals surface area contributed by atoms with Crippen molar-refractivity contribution >= 4 is 17.6 Å². The van der Waals surface area contributed by atoms with Crippen LogP contribution in [0, 0.1) is 5.82 Å². The van der Waals surface area contributed by atoms with E-state index in [1.54, 1.807) is 24.3 Å². The molecule has 0 bridgehead atoms. The van der Waals surface area contributed by atoms with Gasteiger partial charge in [0.1, 0.15) is 5.75 Å². The fourth-order valence-corrected chi connectivity index (χ4v) is 2.46. The molecule has 0 spiro atoms. The van der Waals surface area contributed by atoms with E-state index in [2.05, 4.69) is 15.2 Å². The highest BCUT2D eigenvalue weighted by atomic mass is 35.5. The zero-order valence-electron chi connectivity index (χ0n) is 13.9. The summed E-state index contributed by atoms with van der Waals surface area (Å²) < 4.78 is 19.1. The van der Waals surface area contributed by atoms with Crippen LogP contribution >= 0.6 is 11.6 Å². The molecule has 0 fully saturated rings. The van der Waals surface area contributed by atoms with Crippen LogP contribution in [0.5, 0.6) is 11.6 Å². The number of benzene rings is 1. The van der Waals surface area contributed by atoms with E-state index in [4.69, 9.17) is 27.2 Å². The van der Waals surface area contributed by atoms with Crippen molar-refractivity contribution in [1.29, 1.82) is 0 Å². The first-order valence-electron chi connectivity index (χ1n) is 7.88. The summed E-state index contributed by atoms with van der Waals surface area (Å²) in [5.41, 5.74) is 6.97. The van der Waals surface area contributed by atoms with E-state index in [0.29, 0.717) is 23.6 Å². The number of halogens is 2. The van der Waals surface area contributed by atoms with Gasteiger partial charge >= 0.3 is 5.97 Å². The Kier molecular flexibility index (Phi) is 5.63. The number of carboxylic acid groups (broad SMARTS) is 1. The van der Waals surface area contributed by atoms with Gasteiger partial charge in [0.2, 0.25) is 0 Å². The van der Waals surface area contributed by atoms with Crippen LogP contribution in [0.2, 0.25) is 5.02 Å². The maximum atomic E-state index is 13.7. The van der Waals surface area contributed by atoms with Crippen molar-refractivity contribution in [2.45, 2.75) is 18.9 Å². The van der Waals surface area contributed by atoms with E-state index in [1.165, 1.54) is 17.2 Å². The van der Waals surface area contributed by atoms with Crippen LogP contribution in [0.3, 0.4) is 0 Å². The number of ether oxygens (including phenoxy) is 1. The van der Waals surface area contributed by atoms with Crippen molar-refractivity contribution in [3.63, 3.8) is 0 Å². The zero-order chi connectivity index (χ0) is 19.4. The quantitative estimate of drug-likeness (QED) is 0.635. The monoisotopic (exact) mass is 391 g/mol. The lowest BCUT2D eigenvalue weighted by atomic mass is 10.1. The first kappa shape index (κ1) is 18.7. The lowest BCUT2D eigenvalue weighted by Crippen LogP contribution is -2.26. The molecule has 3 aromatic rings. The summed E-state index contributed by atoms with van der Waals surface area (Å²) in [6, 6.07) is 7.18. The van der Waals surface area contributed by atoms with Crippen LogP contribution in [0.4, 0.5) is 4.39 Å². The lowest BCUT2D eigenvalue weighted by Gasteiger charge is -2.07. The number of nitrogens with two attached hydrogens (primary N) is 1. The SMILES string of the molecule is N[C@@H](CC(=O)O)Cc1cnn(-c2ccc(Oc3ncc(Cl)cc3F)cc2)n1. The Morgan fingerprint density at radius 1 is 1.33 bits per heavy atom. The molecule has 1 aromatic carbocycles. The molecular weight excluding hydrogens is 377 g/mol. The molecule has 0 saturated heterocycles. The molecule has 8 nitrogen and oxygen atoms in total. The maximum Gasteiger partial charge on any atom is 0.304 e. The van der Waals surface area contributed by atoms with Crippen LogP contribution in [-0.2, 0) is 11.2 Å². The number of aromatic nitrogens is 4. The van der Waals surface area contributed by atoms with Gasteiger partial charge in [0.25, 0.3) is 5.88 Å². The standard InChI is InChI=1S/C17H15ClFN5O3/c18-10-5-15(19)17(21-8-10)27-14-3-1-13(2-4-14)24-22-9-12(23-24)6-11(20)7-16(25)26/h1-5,8-9,11H,6-7,20H2,(H,25,26)/t11-/m1/s1. The number of hydrogen-bond acceptors (Lipinski definition) is 6. The molecule has 0 unspecified atom stereocenters. The molecule has 140 valence electrons. The van der Waals surface area contributed by atoms with Crippen LogP contribution in [0.15, 0.2) is 42.7 Å². The van der Waals surface area contributed by atoms with E-state index in [-0.39, 0.29) is 17.3 Å². The third-order valence-corrected chi connectivity index (χ3v) is 3.71. The molecule has 27 heavy (non-hydrogen) atoms. The van der Waals surface area contributed by atoms with Gasteiger partial charge in [0.05, 0.1) is 29.0 Å². The normalized spacial score (nSPS) is 12.0. The van der Waals surface area contributed by atoms with Crippen molar-refractivity contribution in [2.75, 3.05) is 0 Å². The fourth-order valence-electron chi connectivity index (χ4n) is 2.31. The second kappa shape index (κ2) is 8.11. The third-order valence-electron chi connectivity index (χ3n) is 3.50. The topological polar surface area (TPSA) is 116 Å². The molecule has 3 N–H and O–H groups in total. The molecule has 0 aliphatic heterocycles. The van der Waals surface area contributed by atoms with Gasteiger partial charge in [-0.15, -0.1) is 0 Å². The summed E-state index contributed by atoms with van der Waals surface area (Å²) in [4.78, 5) is 15.8. The largest absolute Gasteiger partial charge is 0.481 e. The van der Waals surface area contributed by atoms with Gasteiger partial charge in [-0.25, -0.2) is 9.37 Å². The van der Waals surface area contributed by atoms with E-state index in [0.717, 1.165) is 6.07 Å². The molecule has 0 aliphatic carbocycles. The average Bonchev–Trinajstić information content (AvgIpc) is 3.05. The Morgan fingerprint density at radius 3 is 2.74 bits per heavy atom. The average molecular weight is 392 g/mol. The Morgan fingerprint density at radius 2 is 2.07 bits per heavy atom. The molecule has 0 amide bonds. The number of carbonyl (C=O) groups is 1. The molecule has 3 rings (SSSR count). The van der Waals surface area contributed by atoms with Gasteiger partial charge in [-0.05, 0) is 30.3 Å². The minimum atomic E-state index is -0.961. The predicted molar refractivity (Wildman–Crippen MR) is 94.6 cm³/mol. The fraction of sp³-hybridized carbons (Fsp3) is 0.176. The zero-order valence-corrected chi connectivity index (χ0v) is 14.7. The van der Waals surface area contributed by atoms with Gasteiger partial charge in [0.15, 0.2) is 5.82 Å². The van der Waals surface area contributed by atoms with Gasteiger partial charge in [-0.1, -0.05) is 11.6 Å². The molecule has 2 aromatic heterocycles. The highest BCUT2D eigenvalue weighted by Gasteiger charge is 2.12. The summed E-state index contributed by atoms with van der Waals surface area (Å²) >= 11 is 5.66. The summed E-state index contributed by atoms with van der Waals surface area (Å²) in [6.07, 6.45) is 2.97. The van der Waals surface area contributed by atoms with Crippen molar-refractivity contribution < 1.29 is 19.0 Å². The van der Waals surface area contributed by atoms with E-state index >= 15 is 0 Å². The smallest absolute Gasteiger partial charge is 0.304 e.